The summed E-state index contributed by atoms with van der Waals surface area (Å²) in [4.78, 5) is 0. The number of halogens is 1. The Morgan fingerprint density at radius 3 is 2.00 bits per heavy atom. The zero-order valence-electron chi connectivity index (χ0n) is 9.81. The molecule has 0 spiro atoms. The standard InChI is InChI=1S/C14H13IN2/c1-10-4-3-5-11(2)14(10)17-16-13-8-6-12(15)7-9-13/h3-9H,1-2H3. The van der Waals surface area contributed by atoms with E-state index in [1.807, 2.05) is 30.3 Å². The van der Waals surface area contributed by atoms with Crippen molar-refractivity contribution in [1.82, 2.24) is 0 Å². The van der Waals surface area contributed by atoms with Crippen LogP contribution >= 0.6 is 22.6 Å². The summed E-state index contributed by atoms with van der Waals surface area (Å²) in [5, 5.41) is 8.59. The monoisotopic (exact) mass is 336 g/mol. The Kier molecular flexibility index (Phi) is 3.89. The minimum Gasteiger partial charge on any atom is -0.151 e. The van der Waals surface area contributed by atoms with Crippen LogP contribution in [0.25, 0.3) is 0 Å². The molecule has 0 heterocycles. The van der Waals surface area contributed by atoms with Crippen molar-refractivity contribution in [3.63, 3.8) is 0 Å². The summed E-state index contributed by atoms with van der Waals surface area (Å²) in [5.41, 5.74) is 4.15. The van der Waals surface area contributed by atoms with Crippen molar-refractivity contribution in [1.29, 1.82) is 0 Å². The van der Waals surface area contributed by atoms with E-state index in [4.69, 9.17) is 0 Å². The van der Waals surface area contributed by atoms with Crippen molar-refractivity contribution in [2.24, 2.45) is 10.2 Å². The van der Waals surface area contributed by atoms with Crippen LogP contribution in [-0.4, -0.2) is 0 Å². The van der Waals surface area contributed by atoms with E-state index in [2.05, 4.69) is 58.8 Å². The Hall–Kier alpha value is -1.23. The summed E-state index contributed by atoms with van der Waals surface area (Å²) < 4.78 is 1.20. The molecule has 0 aliphatic carbocycles. The van der Waals surface area contributed by atoms with Crippen LogP contribution in [-0.2, 0) is 0 Å². The van der Waals surface area contributed by atoms with E-state index in [1.165, 1.54) is 3.57 Å². The van der Waals surface area contributed by atoms with Crippen molar-refractivity contribution < 1.29 is 0 Å². The molecule has 0 radical (unpaired) electrons. The van der Waals surface area contributed by atoms with Gasteiger partial charge in [0.2, 0.25) is 0 Å². The molecule has 0 saturated carbocycles. The number of rotatable bonds is 2. The highest BCUT2D eigenvalue weighted by Gasteiger charge is 1.99. The molecule has 0 amide bonds. The maximum Gasteiger partial charge on any atom is 0.0915 e. The number of hydrogen-bond acceptors (Lipinski definition) is 2. The first-order chi connectivity index (χ1) is 8.16. The normalized spacial score (nSPS) is 11.0. The molecule has 2 aromatic rings. The SMILES string of the molecule is Cc1cccc(C)c1N=Nc1ccc(I)cc1. The van der Waals surface area contributed by atoms with Crippen LogP contribution in [0.3, 0.4) is 0 Å². The van der Waals surface area contributed by atoms with E-state index in [0.717, 1.165) is 22.5 Å². The Labute approximate surface area is 115 Å². The molecule has 0 aliphatic heterocycles. The predicted molar refractivity (Wildman–Crippen MR) is 79.3 cm³/mol. The fraction of sp³-hybridized carbons (Fsp3) is 0.143. The van der Waals surface area contributed by atoms with Gasteiger partial charge in [-0.05, 0) is 71.8 Å². The van der Waals surface area contributed by atoms with E-state index in [0.29, 0.717) is 0 Å². The van der Waals surface area contributed by atoms with Crippen LogP contribution in [0, 0.1) is 17.4 Å². The zero-order chi connectivity index (χ0) is 12.3. The maximum absolute atomic E-state index is 4.33. The molecule has 2 aromatic carbocycles. The van der Waals surface area contributed by atoms with Crippen molar-refractivity contribution in [3.05, 3.63) is 57.2 Å². The quantitative estimate of drug-likeness (QED) is 0.524. The van der Waals surface area contributed by atoms with Crippen molar-refractivity contribution in [3.8, 4) is 0 Å². The molecule has 0 aromatic heterocycles. The minimum absolute atomic E-state index is 0.882. The molecule has 0 N–H and O–H groups in total. The first-order valence-electron chi connectivity index (χ1n) is 5.40. The Bertz CT molecular complexity index is 524. The Morgan fingerprint density at radius 2 is 1.41 bits per heavy atom. The molecule has 0 saturated heterocycles. The van der Waals surface area contributed by atoms with Gasteiger partial charge in [0.05, 0.1) is 11.4 Å². The second-order valence-corrected chi connectivity index (χ2v) is 5.16. The van der Waals surface area contributed by atoms with Crippen molar-refractivity contribution >= 4 is 34.0 Å². The molecule has 3 heteroatoms. The molecule has 0 unspecified atom stereocenters. The lowest BCUT2D eigenvalue weighted by molar-refractivity contribution is 1.18. The molecule has 0 atom stereocenters. The average molecular weight is 336 g/mol. The van der Waals surface area contributed by atoms with E-state index < -0.39 is 0 Å². The number of aryl methyl sites for hydroxylation is 2. The van der Waals surface area contributed by atoms with Crippen LogP contribution < -0.4 is 0 Å². The molecule has 2 nitrogen and oxygen atoms in total. The lowest BCUT2D eigenvalue weighted by Crippen LogP contribution is -1.78. The van der Waals surface area contributed by atoms with Crippen molar-refractivity contribution in [2.45, 2.75) is 13.8 Å². The summed E-state index contributed by atoms with van der Waals surface area (Å²) in [5.74, 6) is 0. The van der Waals surface area contributed by atoms with Crippen molar-refractivity contribution in [2.75, 3.05) is 0 Å². The zero-order valence-corrected chi connectivity index (χ0v) is 12.0. The molecule has 0 fully saturated rings. The van der Waals surface area contributed by atoms with Gasteiger partial charge in [0.1, 0.15) is 0 Å². The molecular weight excluding hydrogens is 323 g/mol. The van der Waals surface area contributed by atoms with Gasteiger partial charge in [-0.1, -0.05) is 18.2 Å². The maximum atomic E-state index is 4.33. The topological polar surface area (TPSA) is 24.7 Å². The van der Waals surface area contributed by atoms with Gasteiger partial charge in [-0.3, -0.25) is 0 Å². The van der Waals surface area contributed by atoms with Crippen LogP contribution in [0.15, 0.2) is 52.7 Å². The highest BCUT2D eigenvalue weighted by molar-refractivity contribution is 14.1. The van der Waals surface area contributed by atoms with Gasteiger partial charge < -0.3 is 0 Å². The van der Waals surface area contributed by atoms with E-state index in [-0.39, 0.29) is 0 Å². The number of nitrogens with zero attached hydrogens (tertiary/aromatic N) is 2. The highest BCUT2D eigenvalue weighted by atomic mass is 127. The third-order valence-electron chi connectivity index (χ3n) is 2.53. The van der Waals surface area contributed by atoms with E-state index >= 15 is 0 Å². The van der Waals surface area contributed by atoms with Gasteiger partial charge in [-0.25, -0.2) is 0 Å². The van der Waals surface area contributed by atoms with Gasteiger partial charge in [-0.15, -0.1) is 0 Å². The van der Waals surface area contributed by atoms with E-state index in [9.17, 15) is 0 Å². The van der Waals surface area contributed by atoms with Crippen LogP contribution in [0.4, 0.5) is 11.4 Å². The smallest absolute Gasteiger partial charge is 0.0915 e. The predicted octanol–water partition coefficient (Wildman–Crippen LogP) is 5.32. The Morgan fingerprint density at radius 1 is 0.824 bits per heavy atom. The first-order valence-corrected chi connectivity index (χ1v) is 6.48. The Balaban J connectivity index is 2.29. The number of benzene rings is 2. The third kappa shape index (κ3) is 3.12. The third-order valence-corrected chi connectivity index (χ3v) is 3.25. The molecule has 0 bridgehead atoms. The van der Waals surface area contributed by atoms with Gasteiger partial charge in [0.15, 0.2) is 0 Å². The summed E-state index contributed by atoms with van der Waals surface area (Å²) in [6, 6.07) is 14.1. The van der Waals surface area contributed by atoms with E-state index in [1.54, 1.807) is 0 Å². The molecule has 86 valence electrons. The molecule has 0 aliphatic rings. The molecule has 17 heavy (non-hydrogen) atoms. The van der Waals surface area contributed by atoms with Crippen LogP contribution in [0.5, 0.6) is 0 Å². The summed E-state index contributed by atoms with van der Waals surface area (Å²) >= 11 is 2.27. The second-order valence-electron chi connectivity index (χ2n) is 3.92. The molecule has 2 rings (SSSR count). The summed E-state index contributed by atoms with van der Waals surface area (Å²) in [6.07, 6.45) is 0. The van der Waals surface area contributed by atoms with Gasteiger partial charge in [0, 0.05) is 3.57 Å². The lowest BCUT2D eigenvalue weighted by Gasteiger charge is -2.02. The fourth-order valence-electron chi connectivity index (χ4n) is 1.58. The molecular formula is C14H13IN2. The van der Waals surface area contributed by atoms with Gasteiger partial charge in [-0.2, -0.15) is 10.2 Å². The van der Waals surface area contributed by atoms with Crippen LogP contribution in [0.1, 0.15) is 11.1 Å². The van der Waals surface area contributed by atoms with Gasteiger partial charge in [0.25, 0.3) is 0 Å². The highest BCUT2D eigenvalue weighted by Crippen LogP contribution is 2.25. The fourth-order valence-corrected chi connectivity index (χ4v) is 1.94. The first kappa shape index (κ1) is 12.2. The average Bonchev–Trinajstić information content (AvgIpc) is 2.31. The van der Waals surface area contributed by atoms with Crippen LogP contribution in [0.2, 0.25) is 0 Å². The summed E-state index contributed by atoms with van der Waals surface area (Å²) in [6.45, 7) is 4.10. The largest absolute Gasteiger partial charge is 0.151 e. The number of azo groups is 1. The van der Waals surface area contributed by atoms with Gasteiger partial charge >= 0.3 is 0 Å². The number of hydrogen-bond donors (Lipinski definition) is 0. The minimum atomic E-state index is 0.882. The second kappa shape index (κ2) is 5.40. The lowest BCUT2D eigenvalue weighted by atomic mass is 10.1. The summed E-state index contributed by atoms with van der Waals surface area (Å²) in [7, 11) is 0.